The van der Waals surface area contributed by atoms with Crippen LogP contribution in [0.5, 0.6) is 0 Å². The maximum Gasteiger partial charge on any atom is 0.0317 e. The molecule has 0 aliphatic rings. The predicted molar refractivity (Wildman–Crippen MR) is 71.7 cm³/mol. The molecule has 1 heteroatoms. The summed E-state index contributed by atoms with van der Waals surface area (Å²) in [6.07, 6.45) is 2.40. The first-order valence-electron chi connectivity index (χ1n) is 6.47. The van der Waals surface area contributed by atoms with Crippen molar-refractivity contribution in [2.75, 3.05) is 6.54 Å². The van der Waals surface area contributed by atoms with Gasteiger partial charge >= 0.3 is 0 Å². The highest BCUT2D eigenvalue weighted by Gasteiger charge is 2.09. The normalized spacial score (nSPS) is 14.8. The maximum atomic E-state index is 3.66. The first kappa shape index (κ1) is 13.2. The van der Waals surface area contributed by atoms with Gasteiger partial charge in [-0.05, 0) is 31.4 Å². The molecule has 0 aliphatic heterocycles. The fourth-order valence-corrected chi connectivity index (χ4v) is 1.78. The van der Waals surface area contributed by atoms with E-state index in [0.29, 0.717) is 6.04 Å². The Bertz CT molecular complexity index is 289. The van der Waals surface area contributed by atoms with Gasteiger partial charge in [-0.25, -0.2) is 0 Å². The second-order valence-corrected chi connectivity index (χ2v) is 4.79. The van der Waals surface area contributed by atoms with Gasteiger partial charge in [-0.1, -0.05) is 57.0 Å². The summed E-state index contributed by atoms with van der Waals surface area (Å²) in [5.74, 6) is 0.763. The van der Waals surface area contributed by atoms with Crippen LogP contribution in [0.15, 0.2) is 24.3 Å². The minimum atomic E-state index is 0.509. The lowest BCUT2D eigenvalue weighted by molar-refractivity contribution is 0.438. The van der Waals surface area contributed by atoms with Crippen molar-refractivity contribution in [1.29, 1.82) is 0 Å². The molecule has 0 saturated carbocycles. The van der Waals surface area contributed by atoms with E-state index in [2.05, 4.69) is 57.3 Å². The Morgan fingerprint density at radius 3 is 2.19 bits per heavy atom. The molecule has 0 bridgehead atoms. The number of aryl methyl sites for hydroxylation is 1. The van der Waals surface area contributed by atoms with E-state index in [4.69, 9.17) is 0 Å². The molecule has 16 heavy (non-hydrogen) atoms. The summed E-state index contributed by atoms with van der Waals surface area (Å²) in [5.41, 5.74) is 2.75. The third-order valence-corrected chi connectivity index (χ3v) is 3.30. The van der Waals surface area contributed by atoms with E-state index in [1.54, 1.807) is 0 Å². The van der Waals surface area contributed by atoms with E-state index in [0.717, 1.165) is 18.9 Å². The van der Waals surface area contributed by atoms with Crippen molar-refractivity contribution < 1.29 is 0 Å². The zero-order valence-electron chi connectivity index (χ0n) is 11.1. The summed E-state index contributed by atoms with van der Waals surface area (Å²) in [5, 5.41) is 3.66. The summed E-state index contributed by atoms with van der Waals surface area (Å²) in [4.78, 5) is 0. The average Bonchev–Trinajstić information content (AvgIpc) is 2.31. The zero-order chi connectivity index (χ0) is 12.0. The van der Waals surface area contributed by atoms with Gasteiger partial charge in [0.25, 0.3) is 0 Å². The van der Waals surface area contributed by atoms with Gasteiger partial charge in [0.15, 0.2) is 0 Å². The van der Waals surface area contributed by atoms with Crippen LogP contribution < -0.4 is 5.32 Å². The number of hydrogen-bond donors (Lipinski definition) is 1. The molecular weight excluding hydrogens is 194 g/mol. The van der Waals surface area contributed by atoms with E-state index < -0.39 is 0 Å². The van der Waals surface area contributed by atoms with Crippen LogP contribution in [-0.2, 0) is 0 Å². The van der Waals surface area contributed by atoms with E-state index in [-0.39, 0.29) is 0 Å². The molecule has 0 fully saturated rings. The highest BCUT2D eigenvalue weighted by Crippen LogP contribution is 2.17. The summed E-state index contributed by atoms with van der Waals surface area (Å²) in [6.45, 7) is 10.0. The second-order valence-electron chi connectivity index (χ2n) is 4.79. The number of hydrogen-bond acceptors (Lipinski definition) is 1. The van der Waals surface area contributed by atoms with E-state index in [9.17, 15) is 0 Å². The van der Waals surface area contributed by atoms with Crippen LogP contribution in [0.4, 0.5) is 0 Å². The molecule has 0 spiro atoms. The van der Waals surface area contributed by atoms with Crippen molar-refractivity contribution >= 4 is 0 Å². The lowest BCUT2D eigenvalue weighted by Crippen LogP contribution is -2.25. The summed E-state index contributed by atoms with van der Waals surface area (Å²) >= 11 is 0. The van der Waals surface area contributed by atoms with Gasteiger partial charge in [-0.2, -0.15) is 0 Å². The van der Waals surface area contributed by atoms with E-state index >= 15 is 0 Å². The summed E-state index contributed by atoms with van der Waals surface area (Å²) in [6, 6.07) is 9.39. The number of benzene rings is 1. The van der Waals surface area contributed by atoms with Gasteiger partial charge in [0.05, 0.1) is 0 Å². The van der Waals surface area contributed by atoms with Gasteiger partial charge < -0.3 is 5.32 Å². The molecule has 0 saturated heterocycles. The van der Waals surface area contributed by atoms with Crippen molar-refractivity contribution in [2.24, 2.45) is 5.92 Å². The van der Waals surface area contributed by atoms with Crippen LogP contribution in [-0.4, -0.2) is 6.54 Å². The topological polar surface area (TPSA) is 12.0 Å². The van der Waals surface area contributed by atoms with Crippen molar-refractivity contribution in [3.05, 3.63) is 35.4 Å². The Balaban J connectivity index is 2.57. The standard InChI is InChI=1S/C15H25N/c1-5-12(3)11-16-15(6-2)14-9-7-13(4)8-10-14/h7-10,12,15-16H,5-6,11H2,1-4H3. The van der Waals surface area contributed by atoms with E-state index in [1.165, 1.54) is 17.5 Å². The minimum Gasteiger partial charge on any atom is -0.310 e. The minimum absolute atomic E-state index is 0.509. The monoisotopic (exact) mass is 219 g/mol. The lowest BCUT2D eigenvalue weighted by atomic mass is 10.0. The molecule has 90 valence electrons. The van der Waals surface area contributed by atoms with Gasteiger partial charge in [0, 0.05) is 6.04 Å². The largest absolute Gasteiger partial charge is 0.310 e. The molecule has 1 aromatic carbocycles. The van der Waals surface area contributed by atoms with Crippen molar-refractivity contribution in [1.82, 2.24) is 5.32 Å². The fraction of sp³-hybridized carbons (Fsp3) is 0.600. The third kappa shape index (κ3) is 3.97. The van der Waals surface area contributed by atoms with E-state index in [1.807, 2.05) is 0 Å². The SMILES string of the molecule is CCC(C)CNC(CC)c1ccc(C)cc1. The Morgan fingerprint density at radius 1 is 1.06 bits per heavy atom. The molecule has 0 aromatic heterocycles. The fourth-order valence-electron chi connectivity index (χ4n) is 1.78. The predicted octanol–water partition coefficient (Wildman–Crippen LogP) is 4.08. The Hall–Kier alpha value is -0.820. The first-order chi connectivity index (χ1) is 7.67. The molecule has 1 rings (SSSR count). The number of rotatable bonds is 6. The van der Waals surface area contributed by atoms with Crippen molar-refractivity contribution in [3.63, 3.8) is 0 Å². The molecule has 2 atom stereocenters. The molecule has 1 N–H and O–H groups in total. The molecule has 0 amide bonds. The average molecular weight is 219 g/mol. The van der Waals surface area contributed by atoms with Crippen LogP contribution in [0.3, 0.4) is 0 Å². The molecule has 2 unspecified atom stereocenters. The molecular formula is C15H25N. The molecule has 0 heterocycles. The highest BCUT2D eigenvalue weighted by molar-refractivity contribution is 5.24. The molecule has 1 aromatic rings. The van der Waals surface area contributed by atoms with Gasteiger partial charge in [0.2, 0.25) is 0 Å². The van der Waals surface area contributed by atoms with Crippen molar-refractivity contribution in [2.45, 2.75) is 46.6 Å². The Morgan fingerprint density at radius 2 is 1.69 bits per heavy atom. The van der Waals surface area contributed by atoms with Crippen LogP contribution in [0.25, 0.3) is 0 Å². The Labute approximate surface area is 100 Å². The maximum absolute atomic E-state index is 3.66. The van der Waals surface area contributed by atoms with Gasteiger partial charge in [-0.3, -0.25) is 0 Å². The van der Waals surface area contributed by atoms with Crippen molar-refractivity contribution in [3.8, 4) is 0 Å². The lowest BCUT2D eigenvalue weighted by Gasteiger charge is -2.20. The highest BCUT2D eigenvalue weighted by atomic mass is 14.9. The quantitative estimate of drug-likeness (QED) is 0.760. The van der Waals surface area contributed by atoms with Crippen LogP contribution >= 0.6 is 0 Å². The molecule has 0 radical (unpaired) electrons. The third-order valence-electron chi connectivity index (χ3n) is 3.30. The second kappa shape index (κ2) is 6.70. The first-order valence-corrected chi connectivity index (χ1v) is 6.47. The van der Waals surface area contributed by atoms with Crippen LogP contribution in [0.1, 0.15) is 50.8 Å². The van der Waals surface area contributed by atoms with Crippen LogP contribution in [0.2, 0.25) is 0 Å². The van der Waals surface area contributed by atoms with Crippen LogP contribution in [0, 0.1) is 12.8 Å². The summed E-state index contributed by atoms with van der Waals surface area (Å²) in [7, 11) is 0. The Kier molecular flexibility index (Phi) is 5.54. The zero-order valence-corrected chi connectivity index (χ0v) is 11.1. The van der Waals surface area contributed by atoms with Gasteiger partial charge in [0.1, 0.15) is 0 Å². The molecule has 1 nitrogen and oxygen atoms in total. The molecule has 0 aliphatic carbocycles. The smallest absolute Gasteiger partial charge is 0.0317 e. The van der Waals surface area contributed by atoms with Gasteiger partial charge in [-0.15, -0.1) is 0 Å². The summed E-state index contributed by atoms with van der Waals surface area (Å²) < 4.78 is 0. The number of nitrogens with one attached hydrogen (secondary N) is 1.